The summed E-state index contributed by atoms with van der Waals surface area (Å²) in [6.07, 6.45) is -0.0528. The Morgan fingerprint density at radius 3 is 2.29 bits per heavy atom. The molecule has 0 aromatic heterocycles. The monoisotopic (exact) mass is 322 g/mol. The number of amides is 1. The van der Waals surface area contributed by atoms with Gasteiger partial charge in [0.05, 0.1) is 6.04 Å². The molecule has 21 heavy (non-hydrogen) atoms. The zero-order valence-corrected chi connectivity index (χ0v) is 12.9. The van der Waals surface area contributed by atoms with Crippen molar-refractivity contribution in [2.45, 2.75) is 31.6 Å². The molecule has 0 spiro atoms. The average molecular weight is 322 g/mol. The van der Waals surface area contributed by atoms with Crippen LogP contribution < -0.4 is 16.2 Å². The molecule has 0 aliphatic heterocycles. The summed E-state index contributed by atoms with van der Waals surface area (Å²) < 4.78 is 22.4. The van der Waals surface area contributed by atoms with E-state index < -0.39 is 45.3 Å². The molecule has 0 bridgehead atoms. The number of hydrogen-bond acceptors (Lipinski definition) is 7. The maximum absolute atomic E-state index is 11.5. The van der Waals surface area contributed by atoms with Gasteiger partial charge in [-0.2, -0.15) is 0 Å². The second kappa shape index (κ2) is 7.93. The van der Waals surface area contributed by atoms with Gasteiger partial charge in [0.1, 0.15) is 6.67 Å². The standard InChI is InChI=1S/C11H21N3O6S/c1-6(2)9(12)10(16)14-5-13-8(15)4-7(11(17)18)21(3,19)20/h6-7,9H,4-5,12H2,1-3H3,(H,13,15)(H,14,16)(H,17,18)/p-1/t7?,9-/m0/s1. The van der Waals surface area contributed by atoms with Crippen molar-refractivity contribution in [2.24, 2.45) is 16.6 Å². The summed E-state index contributed by atoms with van der Waals surface area (Å²) in [6.45, 7) is 3.11. The number of aliphatic imine (C=N–C) groups is 1. The van der Waals surface area contributed by atoms with E-state index in [2.05, 4.69) is 10.3 Å². The summed E-state index contributed by atoms with van der Waals surface area (Å²) >= 11 is 0. The Morgan fingerprint density at radius 1 is 1.38 bits per heavy atom. The Hall–Kier alpha value is -1.68. The summed E-state index contributed by atoms with van der Waals surface area (Å²) in [7, 11) is -3.91. The smallest absolute Gasteiger partial charge is 0.322 e. The molecule has 0 aliphatic carbocycles. The summed E-state index contributed by atoms with van der Waals surface area (Å²) in [5, 5.41) is 20.6. The van der Waals surface area contributed by atoms with Gasteiger partial charge in [0.25, 0.3) is 0 Å². The lowest BCUT2D eigenvalue weighted by atomic mass is 10.1. The van der Waals surface area contributed by atoms with Crippen LogP contribution in [0.4, 0.5) is 0 Å². The maximum atomic E-state index is 11.5. The van der Waals surface area contributed by atoms with Crippen molar-refractivity contribution >= 4 is 27.6 Å². The molecule has 122 valence electrons. The number of carboxylic acid groups (broad SMARTS) is 1. The van der Waals surface area contributed by atoms with Crippen molar-refractivity contribution in [3.8, 4) is 0 Å². The quantitative estimate of drug-likeness (QED) is 0.334. The third-order valence-electron chi connectivity index (χ3n) is 2.68. The molecule has 0 aliphatic rings. The van der Waals surface area contributed by atoms with E-state index in [1.165, 1.54) is 0 Å². The van der Waals surface area contributed by atoms with E-state index in [9.17, 15) is 23.1 Å². The number of hydrogen-bond donors (Lipinski definition) is 3. The number of carbonyl (C=O) groups excluding carboxylic acids is 1. The van der Waals surface area contributed by atoms with Gasteiger partial charge in [-0.25, -0.2) is 8.42 Å². The van der Waals surface area contributed by atoms with Crippen LogP contribution in [0.2, 0.25) is 0 Å². The van der Waals surface area contributed by atoms with E-state index in [0.29, 0.717) is 0 Å². The number of aliphatic carboxylic acids is 1. The largest absolute Gasteiger partial charge is 0.862 e. The summed E-state index contributed by atoms with van der Waals surface area (Å²) in [5.74, 6) is -3.14. The van der Waals surface area contributed by atoms with Crippen LogP contribution in [0, 0.1) is 5.92 Å². The van der Waals surface area contributed by atoms with Crippen LogP contribution in [0.3, 0.4) is 0 Å². The lowest BCUT2D eigenvalue weighted by molar-refractivity contribution is -0.219. The number of sulfone groups is 1. The number of nitrogens with one attached hydrogen (secondary N) is 1. The highest BCUT2D eigenvalue weighted by molar-refractivity contribution is 7.92. The van der Waals surface area contributed by atoms with Crippen LogP contribution in [0.1, 0.15) is 20.3 Å². The van der Waals surface area contributed by atoms with Gasteiger partial charge in [-0.1, -0.05) is 13.8 Å². The number of nitrogens with two attached hydrogens (primary N) is 1. The molecule has 0 heterocycles. The molecule has 0 aromatic carbocycles. The van der Waals surface area contributed by atoms with Crippen LogP contribution in [0.15, 0.2) is 4.99 Å². The van der Waals surface area contributed by atoms with E-state index in [1.54, 1.807) is 13.8 Å². The molecule has 0 rings (SSSR count). The Kier molecular flexibility index (Phi) is 7.30. The number of rotatable bonds is 8. The molecule has 0 aromatic rings. The first kappa shape index (κ1) is 19.3. The molecule has 0 saturated heterocycles. The van der Waals surface area contributed by atoms with Gasteiger partial charge in [0.2, 0.25) is 5.91 Å². The third-order valence-corrected chi connectivity index (χ3v) is 4.08. The normalized spacial score (nSPS) is 15.6. The molecule has 0 radical (unpaired) electrons. The van der Waals surface area contributed by atoms with Gasteiger partial charge in [0, 0.05) is 12.7 Å². The molecule has 2 atom stereocenters. The summed E-state index contributed by atoms with van der Waals surface area (Å²) in [5.41, 5.74) is 5.56. The highest BCUT2D eigenvalue weighted by Gasteiger charge is 2.28. The first-order valence-electron chi connectivity index (χ1n) is 6.12. The molecule has 1 unspecified atom stereocenters. The number of carboxylic acids is 1. The van der Waals surface area contributed by atoms with E-state index >= 15 is 0 Å². The van der Waals surface area contributed by atoms with E-state index in [1.807, 2.05) is 0 Å². The highest BCUT2D eigenvalue weighted by Crippen LogP contribution is 2.05. The Bertz CT molecular complexity index is 514. The van der Waals surface area contributed by atoms with Gasteiger partial charge in [-0.15, -0.1) is 0 Å². The van der Waals surface area contributed by atoms with Gasteiger partial charge < -0.3 is 21.3 Å². The number of nitrogens with zero attached hydrogens (tertiary/aromatic N) is 1. The van der Waals surface area contributed by atoms with Crippen molar-refractivity contribution in [1.29, 1.82) is 0 Å². The molecule has 10 heteroatoms. The molecule has 0 saturated carbocycles. The van der Waals surface area contributed by atoms with E-state index in [4.69, 9.17) is 10.8 Å². The van der Waals surface area contributed by atoms with E-state index in [-0.39, 0.29) is 12.6 Å². The zero-order chi connectivity index (χ0) is 16.8. The minimum absolute atomic E-state index is 0.0951. The van der Waals surface area contributed by atoms with Crippen molar-refractivity contribution in [1.82, 2.24) is 5.32 Å². The summed E-state index contributed by atoms with van der Waals surface area (Å²) in [6, 6.07) is -0.752. The first-order chi connectivity index (χ1) is 9.46. The average Bonchev–Trinajstić information content (AvgIpc) is 2.32. The third kappa shape index (κ3) is 7.04. The fraction of sp³-hybridized carbons (Fsp3) is 0.727. The van der Waals surface area contributed by atoms with Crippen LogP contribution in [-0.2, 0) is 19.4 Å². The topological polar surface area (TPSA) is 162 Å². The fourth-order valence-electron chi connectivity index (χ4n) is 1.27. The van der Waals surface area contributed by atoms with Gasteiger partial charge in [-0.05, 0) is 11.8 Å². The molecular formula is C11H20N3O6S-. The second-order valence-electron chi connectivity index (χ2n) is 4.88. The minimum Gasteiger partial charge on any atom is -0.862 e. The summed E-state index contributed by atoms with van der Waals surface area (Å²) in [4.78, 5) is 25.6. The Morgan fingerprint density at radius 2 is 1.90 bits per heavy atom. The van der Waals surface area contributed by atoms with Crippen molar-refractivity contribution in [3.05, 3.63) is 0 Å². The van der Waals surface area contributed by atoms with Gasteiger partial charge in [0.15, 0.2) is 15.1 Å². The van der Waals surface area contributed by atoms with Crippen LogP contribution in [0.5, 0.6) is 0 Å². The maximum Gasteiger partial charge on any atom is 0.322 e. The second-order valence-corrected chi connectivity index (χ2v) is 7.11. The Labute approximate surface area is 123 Å². The lowest BCUT2D eigenvalue weighted by Crippen LogP contribution is -2.44. The predicted molar refractivity (Wildman–Crippen MR) is 74.1 cm³/mol. The highest BCUT2D eigenvalue weighted by atomic mass is 32.2. The van der Waals surface area contributed by atoms with Crippen molar-refractivity contribution < 1.29 is 28.2 Å². The Balaban J connectivity index is 4.57. The fourth-order valence-corrected chi connectivity index (χ4v) is 2.08. The first-order valence-corrected chi connectivity index (χ1v) is 8.07. The number of carbonyl (C=O) groups is 2. The molecule has 0 fully saturated rings. The lowest BCUT2D eigenvalue weighted by Gasteiger charge is -2.17. The molecule has 4 N–H and O–H groups in total. The van der Waals surface area contributed by atoms with Crippen molar-refractivity contribution in [2.75, 3.05) is 12.9 Å². The minimum atomic E-state index is -3.91. The van der Waals surface area contributed by atoms with Crippen LogP contribution >= 0.6 is 0 Å². The van der Waals surface area contributed by atoms with E-state index in [0.717, 1.165) is 6.26 Å². The predicted octanol–water partition coefficient (Wildman–Crippen LogP) is -2.31. The van der Waals surface area contributed by atoms with Gasteiger partial charge in [-0.3, -0.25) is 14.6 Å². The van der Waals surface area contributed by atoms with Crippen LogP contribution in [0.25, 0.3) is 0 Å². The molecule has 1 amide bonds. The molecular weight excluding hydrogens is 302 g/mol. The van der Waals surface area contributed by atoms with Crippen molar-refractivity contribution in [3.63, 3.8) is 0 Å². The molecule has 9 nitrogen and oxygen atoms in total. The zero-order valence-electron chi connectivity index (χ0n) is 12.1. The SMILES string of the molecule is CC(C)[C@H](N)C(=O)NCN=C([O-])CC(C(=O)O)S(C)(=O)=O. The van der Waals surface area contributed by atoms with Gasteiger partial charge >= 0.3 is 5.97 Å². The van der Waals surface area contributed by atoms with Crippen LogP contribution in [-0.4, -0.2) is 55.5 Å².